The normalized spacial score (nSPS) is 10.1. The van der Waals surface area contributed by atoms with Gasteiger partial charge in [-0.2, -0.15) is 0 Å². The minimum Gasteiger partial charge on any atom is -0.491 e. The van der Waals surface area contributed by atoms with E-state index in [0.717, 1.165) is 16.9 Å². The number of ether oxygens (including phenoxy) is 2. The first-order valence-corrected chi connectivity index (χ1v) is 4.28. The van der Waals surface area contributed by atoms with E-state index in [4.69, 9.17) is 9.47 Å². The molecule has 1 heterocycles. The molecule has 0 aliphatic carbocycles. The molecule has 3 heteroatoms. The van der Waals surface area contributed by atoms with Crippen molar-refractivity contribution in [3.8, 4) is 5.75 Å². The molecule has 0 amide bonds. The molecule has 13 heavy (non-hydrogen) atoms. The molecular formula is C10H15NO2. The zero-order valence-electron chi connectivity index (χ0n) is 8.33. The Hall–Kier alpha value is -1.09. The Morgan fingerprint density at radius 1 is 1.15 bits per heavy atom. The van der Waals surface area contributed by atoms with Gasteiger partial charge in [-0.3, -0.25) is 4.98 Å². The van der Waals surface area contributed by atoms with Crippen molar-refractivity contribution in [1.29, 1.82) is 0 Å². The van der Waals surface area contributed by atoms with Gasteiger partial charge in [0.25, 0.3) is 0 Å². The summed E-state index contributed by atoms with van der Waals surface area (Å²) in [5.41, 5.74) is 2.13. The second kappa shape index (κ2) is 4.82. The Morgan fingerprint density at radius 3 is 2.31 bits per heavy atom. The van der Waals surface area contributed by atoms with Gasteiger partial charge in [0.15, 0.2) is 0 Å². The zero-order chi connectivity index (χ0) is 9.68. The summed E-state index contributed by atoms with van der Waals surface area (Å²) < 4.78 is 10.4. The molecule has 0 atom stereocenters. The van der Waals surface area contributed by atoms with Crippen molar-refractivity contribution in [3.63, 3.8) is 0 Å². The molecule has 0 saturated carbocycles. The molecule has 0 aliphatic heterocycles. The lowest BCUT2D eigenvalue weighted by atomic mass is 10.2. The van der Waals surface area contributed by atoms with Gasteiger partial charge in [-0.15, -0.1) is 0 Å². The Kier molecular flexibility index (Phi) is 3.71. The van der Waals surface area contributed by atoms with Crippen LogP contribution in [0.3, 0.4) is 0 Å². The van der Waals surface area contributed by atoms with Gasteiger partial charge >= 0.3 is 0 Å². The van der Waals surface area contributed by atoms with E-state index >= 15 is 0 Å². The van der Waals surface area contributed by atoms with Gasteiger partial charge in [-0.25, -0.2) is 0 Å². The topological polar surface area (TPSA) is 31.4 Å². The first kappa shape index (κ1) is 9.99. The molecule has 1 rings (SSSR count). The van der Waals surface area contributed by atoms with E-state index < -0.39 is 0 Å². The second-order valence-corrected chi connectivity index (χ2v) is 2.94. The van der Waals surface area contributed by atoms with Gasteiger partial charge in [0.05, 0.1) is 6.61 Å². The van der Waals surface area contributed by atoms with E-state index in [-0.39, 0.29) is 0 Å². The van der Waals surface area contributed by atoms with Crippen molar-refractivity contribution in [2.24, 2.45) is 0 Å². The average Bonchev–Trinajstić information content (AvgIpc) is 2.10. The average molecular weight is 181 g/mol. The van der Waals surface area contributed by atoms with Crippen LogP contribution in [-0.2, 0) is 4.74 Å². The maximum absolute atomic E-state index is 5.54. The van der Waals surface area contributed by atoms with E-state index in [9.17, 15) is 0 Å². The molecule has 3 nitrogen and oxygen atoms in total. The predicted octanol–water partition coefficient (Wildman–Crippen LogP) is 1.72. The van der Waals surface area contributed by atoms with Crippen molar-refractivity contribution in [3.05, 3.63) is 23.5 Å². The quantitative estimate of drug-likeness (QED) is 0.663. The lowest BCUT2D eigenvalue weighted by molar-refractivity contribution is 0.145. The van der Waals surface area contributed by atoms with Gasteiger partial charge in [0.2, 0.25) is 0 Å². The molecule has 0 N–H and O–H groups in total. The fourth-order valence-corrected chi connectivity index (χ4v) is 1.14. The largest absolute Gasteiger partial charge is 0.491 e. The Morgan fingerprint density at radius 2 is 1.77 bits per heavy atom. The van der Waals surface area contributed by atoms with Crippen LogP contribution in [0.4, 0.5) is 0 Å². The van der Waals surface area contributed by atoms with Crippen LogP contribution in [0.5, 0.6) is 5.75 Å². The molecule has 1 aromatic heterocycles. The number of hydrogen-bond acceptors (Lipinski definition) is 3. The number of aromatic nitrogens is 1. The summed E-state index contributed by atoms with van der Waals surface area (Å²) in [6.45, 7) is 5.17. The molecule has 1 aromatic rings. The van der Waals surface area contributed by atoms with Gasteiger partial charge in [-0.05, 0) is 13.8 Å². The summed E-state index contributed by atoms with van der Waals surface area (Å²) in [5, 5.41) is 0. The van der Waals surface area contributed by atoms with Crippen molar-refractivity contribution < 1.29 is 9.47 Å². The molecule has 0 bridgehead atoms. The highest BCUT2D eigenvalue weighted by molar-refractivity contribution is 5.36. The molecule has 0 saturated heterocycles. The van der Waals surface area contributed by atoms with E-state index in [0.29, 0.717) is 13.2 Å². The van der Waals surface area contributed by atoms with Crippen LogP contribution in [-0.4, -0.2) is 25.3 Å². The van der Waals surface area contributed by atoms with E-state index in [1.54, 1.807) is 19.5 Å². The molecule has 72 valence electrons. The highest BCUT2D eigenvalue weighted by Crippen LogP contribution is 2.20. The molecule has 0 unspecified atom stereocenters. The standard InChI is InChI=1S/C10H15NO2/c1-8-6-11-7-9(2)10(8)13-5-4-12-3/h6-7H,4-5H2,1-3H3. The van der Waals surface area contributed by atoms with Crippen molar-refractivity contribution in [2.45, 2.75) is 13.8 Å². The van der Waals surface area contributed by atoms with E-state index in [2.05, 4.69) is 4.98 Å². The third-order valence-corrected chi connectivity index (χ3v) is 1.79. The number of hydrogen-bond donors (Lipinski definition) is 0. The monoisotopic (exact) mass is 181 g/mol. The maximum Gasteiger partial charge on any atom is 0.128 e. The van der Waals surface area contributed by atoms with Crippen molar-refractivity contribution in [2.75, 3.05) is 20.3 Å². The van der Waals surface area contributed by atoms with Crippen LogP contribution in [0, 0.1) is 13.8 Å². The summed E-state index contributed by atoms with van der Waals surface area (Å²) in [4.78, 5) is 4.06. The molecule has 0 spiro atoms. The Bertz CT molecular complexity index is 253. The van der Waals surface area contributed by atoms with Gasteiger partial charge < -0.3 is 9.47 Å². The molecular weight excluding hydrogens is 166 g/mol. The van der Waals surface area contributed by atoms with E-state index in [1.807, 2.05) is 13.8 Å². The molecule has 0 aromatic carbocycles. The minimum atomic E-state index is 0.586. The fourth-order valence-electron chi connectivity index (χ4n) is 1.14. The Labute approximate surface area is 78.7 Å². The summed E-state index contributed by atoms with van der Waals surface area (Å²) in [6.07, 6.45) is 3.60. The molecule has 0 aliphatic rings. The molecule has 0 fully saturated rings. The molecule has 0 radical (unpaired) electrons. The second-order valence-electron chi connectivity index (χ2n) is 2.94. The van der Waals surface area contributed by atoms with Crippen LogP contribution in [0.25, 0.3) is 0 Å². The fraction of sp³-hybridized carbons (Fsp3) is 0.500. The first-order chi connectivity index (χ1) is 6.25. The van der Waals surface area contributed by atoms with Gasteiger partial charge in [-0.1, -0.05) is 0 Å². The van der Waals surface area contributed by atoms with E-state index in [1.165, 1.54) is 0 Å². The van der Waals surface area contributed by atoms with Crippen LogP contribution in [0.1, 0.15) is 11.1 Å². The lowest BCUT2D eigenvalue weighted by Gasteiger charge is -2.10. The summed E-state index contributed by atoms with van der Waals surface area (Å²) in [6, 6.07) is 0. The van der Waals surface area contributed by atoms with Crippen LogP contribution in [0.2, 0.25) is 0 Å². The first-order valence-electron chi connectivity index (χ1n) is 4.28. The summed E-state index contributed by atoms with van der Waals surface area (Å²) in [7, 11) is 1.66. The van der Waals surface area contributed by atoms with Crippen LogP contribution < -0.4 is 4.74 Å². The number of aryl methyl sites for hydroxylation is 2. The summed E-state index contributed by atoms with van der Waals surface area (Å²) in [5.74, 6) is 0.923. The van der Waals surface area contributed by atoms with Crippen LogP contribution in [0.15, 0.2) is 12.4 Å². The van der Waals surface area contributed by atoms with Gasteiger partial charge in [0, 0.05) is 30.6 Å². The number of rotatable bonds is 4. The smallest absolute Gasteiger partial charge is 0.128 e. The van der Waals surface area contributed by atoms with Crippen LogP contribution >= 0.6 is 0 Å². The summed E-state index contributed by atoms with van der Waals surface area (Å²) >= 11 is 0. The number of methoxy groups -OCH3 is 1. The maximum atomic E-state index is 5.54. The minimum absolute atomic E-state index is 0.586. The zero-order valence-corrected chi connectivity index (χ0v) is 8.33. The third kappa shape index (κ3) is 2.70. The number of nitrogens with zero attached hydrogens (tertiary/aromatic N) is 1. The predicted molar refractivity (Wildman–Crippen MR) is 51.1 cm³/mol. The number of pyridine rings is 1. The lowest BCUT2D eigenvalue weighted by Crippen LogP contribution is -2.06. The third-order valence-electron chi connectivity index (χ3n) is 1.79. The van der Waals surface area contributed by atoms with Gasteiger partial charge in [0.1, 0.15) is 12.4 Å². The highest BCUT2D eigenvalue weighted by atomic mass is 16.5. The van der Waals surface area contributed by atoms with Crippen molar-refractivity contribution >= 4 is 0 Å². The highest BCUT2D eigenvalue weighted by Gasteiger charge is 2.02. The Balaban J connectivity index is 2.64. The SMILES string of the molecule is COCCOc1c(C)cncc1C. The van der Waals surface area contributed by atoms with Crippen molar-refractivity contribution in [1.82, 2.24) is 4.98 Å².